The van der Waals surface area contributed by atoms with E-state index in [9.17, 15) is 22.3 Å². The molecule has 23 heavy (non-hydrogen) atoms. The van der Waals surface area contributed by atoms with Gasteiger partial charge in [-0.1, -0.05) is 18.2 Å². The van der Waals surface area contributed by atoms with Crippen LogP contribution in [0.1, 0.15) is 17.0 Å². The van der Waals surface area contributed by atoms with E-state index in [-0.39, 0.29) is 24.6 Å². The maximum absolute atomic E-state index is 14.0. The molecule has 3 rings (SSSR count). The Hall–Kier alpha value is -1.99. The number of aryl methyl sites for hydroxylation is 1. The van der Waals surface area contributed by atoms with Crippen molar-refractivity contribution in [3.63, 3.8) is 0 Å². The molecule has 4 nitrogen and oxygen atoms in total. The summed E-state index contributed by atoms with van der Waals surface area (Å²) in [7, 11) is -4.18. The Labute approximate surface area is 133 Å². The number of anilines is 1. The number of aliphatic hydroxyl groups is 1. The van der Waals surface area contributed by atoms with Crippen molar-refractivity contribution < 1.29 is 22.3 Å². The molecule has 0 radical (unpaired) electrons. The largest absolute Gasteiger partial charge is 0.396 e. The molecule has 0 saturated carbocycles. The van der Waals surface area contributed by atoms with Crippen LogP contribution >= 0.6 is 0 Å². The van der Waals surface area contributed by atoms with Crippen molar-refractivity contribution >= 4 is 15.7 Å². The minimum Gasteiger partial charge on any atom is -0.396 e. The number of aliphatic hydroxyl groups excluding tert-OH is 1. The maximum Gasteiger partial charge on any atom is 0.267 e. The van der Waals surface area contributed by atoms with Crippen LogP contribution in [-0.4, -0.2) is 26.7 Å². The molecule has 0 saturated heterocycles. The van der Waals surface area contributed by atoms with Gasteiger partial charge in [0.05, 0.1) is 12.3 Å². The number of nitrogens with zero attached hydrogens (tertiary/aromatic N) is 1. The zero-order valence-electron chi connectivity index (χ0n) is 12.3. The van der Waals surface area contributed by atoms with Crippen LogP contribution in [0.4, 0.5) is 14.5 Å². The van der Waals surface area contributed by atoms with E-state index in [0.29, 0.717) is 17.3 Å². The monoisotopic (exact) mass is 339 g/mol. The first-order valence-corrected chi connectivity index (χ1v) is 8.48. The zero-order valence-corrected chi connectivity index (χ0v) is 13.1. The number of benzene rings is 2. The van der Waals surface area contributed by atoms with Crippen molar-refractivity contribution in [1.82, 2.24) is 0 Å². The molecule has 1 atom stereocenters. The minimum atomic E-state index is -4.18. The van der Waals surface area contributed by atoms with Crippen LogP contribution in [0.15, 0.2) is 41.3 Å². The van der Waals surface area contributed by atoms with Crippen LogP contribution < -0.4 is 4.31 Å². The summed E-state index contributed by atoms with van der Waals surface area (Å²) in [5.74, 6) is -2.29. The van der Waals surface area contributed by atoms with Crippen LogP contribution in [0.2, 0.25) is 0 Å². The summed E-state index contributed by atoms with van der Waals surface area (Å²) in [5, 5.41) is 9.46. The minimum absolute atomic E-state index is 0.0219. The number of hydrogen-bond donors (Lipinski definition) is 1. The lowest BCUT2D eigenvalue weighted by atomic mass is 10.0. The van der Waals surface area contributed by atoms with Gasteiger partial charge in [-0.05, 0) is 30.2 Å². The smallest absolute Gasteiger partial charge is 0.267 e. The Balaban J connectivity index is 2.14. The van der Waals surface area contributed by atoms with Gasteiger partial charge in [0.15, 0.2) is 0 Å². The lowest BCUT2D eigenvalue weighted by Crippen LogP contribution is -2.31. The van der Waals surface area contributed by atoms with Crippen molar-refractivity contribution in [1.29, 1.82) is 0 Å². The molecule has 1 aliphatic heterocycles. The third kappa shape index (κ3) is 2.49. The normalized spacial score (nSPS) is 17.4. The second-order valence-corrected chi connectivity index (χ2v) is 7.34. The molecule has 0 bridgehead atoms. The van der Waals surface area contributed by atoms with Gasteiger partial charge in [0.1, 0.15) is 16.5 Å². The zero-order chi connectivity index (χ0) is 16.8. The molecule has 0 fully saturated rings. The van der Waals surface area contributed by atoms with Gasteiger partial charge in [0.25, 0.3) is 10.0 Å². The summed E-state index contributed by atoms with van der Waals surface area (Å²) in [6.07, 6.45) is 0. The fraction of sp³-hybridized carbons (Fsp3) is 0.250. The molecule has 1 N–H and O–H groups in total. The van der Waals surface area contributed by atoms with E-state index < -0.39 is 26.6 Å². The van der Waals surface area contributed by atoms with Gasteiger partial charge in [-0.3, -0.25) is 4.31 Å². The molecule has 1 heterocycles. The third-order valence-electron chi connectivity index (χ3n) is 4.03. The van der Waals surface area contributed by atoms with E-state index in [0.717, 1.165) is 10.4 Å². The average molecular weight is 339 g/mol. The summed E-state index contributed by atoms with van der Waals surface area (Å²) in [6.45, 7) is 1.18. The Kier molecular flexibility index (Phi) is 3.85. The first-order chi connectivity index (χ1) is 10.9. The van der Waals surface area contributed by atoms with E-state index in [4.69, 9.17) is 0 Å². The summed E-state index contributed by atoms with van der Waals surface area (Å²) in [4.78, 5) is -0.565. The fourth-order valence-electron chi connectivity index (χ4n) is 2.79. The lowest BCUT2D eigenvalue weighted by Gasteiger charge is -2.20. The van der Waals surface area contributed by atoms with Gasteiger partial charge in [-0.2, -0.15) is 0 Å². The Morgan fingerprint density at radius 1 is 1.22 bits per heavy atom. The summed E-state index contributed by atoms with van der Waals surface area (Å²) in [5.41, 5.74) is 1.15. The summed E-state index contributed by atoms with van der Waals surface area (Å²) >= 11 is 0. The molecule has 122 valence electrons. The highest BCUT2D eigenvalue weighted by Gasteiger charge is 2.37. The fourth-order valence-corrected chi connectivity index (χ4v) is 4.46. The topological polar surface area (TPSA) is 57.6 Å². The quantitative estimate of drug-likeness (QED) is 0.935. The highest BCUT2D eigenvalue weighted by atomic mass is 32.2. The van der Waals surface area contributed by atoms with Gasteiger partial charge >= 0.3 is 0 Å². The molecular weight excluding hydrogens is 324 g/mol. The SMILES string of the molecule is Cc1cc(S(=O)(=O)N2CC(CO)c3ccccc32)c(F)cc1F. The van der Waals surface area contributed by atoms with Gasteiger partial charge in [0, 0.05) is 18.5 Å². The maximum atomic E-state index is 14.0. The van der Waals surface area contributed by atoms with Crippen LogP contribution in [0.25, 0.3) is 0 Å². The van der Waals surface area contributed by atoms with E-state index in [1.165, 1.54) is 6.92 Å². The van der Waals surface area contributed by atoms with Crippen molar-refractivity contribution in [3.05, 3.63) is 59.2 Å². The van der Waals surface area contributed by atoms with Crippen molar-refractivity contribution in [2.24, 2.45) is 0 Å². The molecule has 2 aromatic carbocycles. The molecular formula is C16H15F2NO3S. The van der Waals surface area contributed by atoms with Crippen molar-refractivity contribution in [2.75, 3.05) is 17.5 Å². The molecule has 0 aromatic heterocycles. The van der Waals surface area contributed by atoms with Crippen LogP contribution in [-0.2, 0) is 10.0 Å². The Bertz CT molecular complexity index is 868. The van der Waals surface area contributed by atoms with E-state index in [1.54, 1.807) is 24.3 Å². The van der Waals surface area contributed by atoms with Gasteiger partial charge in [-0.25, -0.2) is 17.2 Å². The number of rotatable bonds is 3. The van der Waals surface area contributed by atoms with Crippen LogP contribution in [0.3, 0.4) is 0 Å². The van der Waals surface area contributed by atoms with E-state index in [2.05, 4.69) is 0 Å². The number of halogens is 2. The first kappa shape index (κ1) is 15.9. The highest BCUT2D eigenvalue weighted by molar-refractivity contribution is 7.92. The van der Waals surface area contributed by atoms with Gasteiger partial charge < -0.3 is 5.11 Å². The molecule has 1 unspecified atom stereocenters. The molecule has 0 amide bonds. The van der Waals surface area contributed by atoms with Crippen LogP contribution in [0, 0.1) is 18.6 Å². The van der Waals surface area contributed by atoms with Crippen molar-refractivity contribution in [3.8, 4) is 0 Å². The van der Waals surface area contributed by atoms with Crippen molar-refractivity contribution in [2.45, 2.75) is 17.7 Å². The predicted octanol–water partition coefficient (Wildman–Crippen LogP) is 2.56. The molecule has 0 aliphatic carbocycles. The van der Waals surface area contributed by atoms with E-state index in [1.807, 2.05) is 0 Å². The summed E-state index contributed by atoms with van der Waals surface area (Å²) in [6, 6.07) is 8.34. The summed E-state index contributed by atoms with van der Waals surface area (Å²) < 4.78 is 54.2. The van der Waals surface area contributed by atoms with E-state index >= 15 is 0 Å². The average Bonchev–Trinajstić information content (AvgIpc) is 2.90. The lowest BCUT2D eigenvalue weighted by molar-refractivity contribution is 0.272. The Morgan fingerprint density at radius 2 is 1.91 bits per heavy atom. The molecule has 2 aromatic rings. The van der Waals surface area contributed by atoms with Crippen LogP contribution in [0.5, 0.6) is 0 Å². The molecule has 0 spiro atoms. The first-order valence-electron chi connectivity index (χ1n) is 7.04. The Morgan fingerprint density at radius 3 is 2.61 bits per heavy atom. The third-order valence-corrected chi connectivity index (χ3v) is 5.83. The molecule has 7 heteroatoms. The predicted molar refractivity (Wildman–Crippen MR) is 81.9 cm³/mol. The molecule has 1 aliphatic rings. The second kappa shape index (κ2) is 5.58. The number of hydrogen-bond acceptors (Lipinski definition) is 3. The van der Waals surface area contributed by atoms with Gasteiger partial charge in [-0.15, -0.1) is 0 Å². The number of para-hydroxylation sites is 1. The number of fused-ring (bicyclic) bond motifs is 1. The highest BCUT2D eigenvalue weighted by Crippen LogP contribution is 2.39. The standard InChI is InChI=1S/C16H15F2NO3S/c1-10-6-16(14(18)7-13(10)17)23(21,22)19-8-11(9-20)12-4-2-3-5-15(12)19/h2-7,11,20H,8-9H2,1H3. The number of sulfonamides is 1. The van der Waals surface area contributed by atoms with Gasteiger partial charge in [0.2, 0.25) is 0 Å². The second-order valence-electron chi connectivity index (χ2n) is 5.51.